The van der Waals surface area contributed by atoms with Crippen LogP contribution in [0.15, 0.2) is 77.3 Å². The zero-order chi connectivity index (χ0) is 26.4. The number of para-hydroxylation sites is 2. The number of halogens is 3. The number of nitriles is 1. The lowest BCUT2D eigenvalue weighted by atomic mass is 9.97. The number of guanidine groups is 1. The highest BCUT2D eigenvalue weighted by molar-refractivity contribution is 5.95. The lowest BCUT2D eigenvalue weighted by Crippen LogP contribution is -2.59. The first-order chi connectivity index (χ1) is 17.8. The van der Waals surface area contributed by atoms with Gasteiger partial charge in [0.2, 0.25) is 12.2 Å². The number of aliphatic imine (C=N–C) groups is 1. The zero-order valence-corrected chi connectivity index (χ0v) is 20.3. The van der Waals surface area contributed by atoms with Gasteiger partial charge in [-0.1, -0.05) is 48.6 Å². The molecule has 0 aromatic heterocycles. The number of urea groups is 1. The molecule has 1 aliphatic carbocycles. The van der Waals surface area contributed by atoms with Crippen LogP contribution in [0.25, 0.3) is 0 Å². The lowest BCUT2D eigenvalue weighted by Gasteiger charge is -2.43. The number of aryl methyl sites for hydroxylation is 1. The monoisotopic (exact) mass is 508 g/mol. The third kappa shape index (κ3) is 6.12. The number of alkyl halides is 3. The SMILES string of the molecule is Cc1ccccc1N/C(=N/C#N)N1CCN(C(=O)Nc2ccccc2C(F)(F)F)C(C2=CCCC=C2)C1. The first kappa shape index (κ1) is 25.8. The summed E-state index contributed by atoms with van der Waals surface area (Å²) in [5.41, 5.74) is 1.48. The molecule has 7 nitrogen and oxygen atoms in total. The van der Waals surface area contributed by atoms with Gasteiger partial charge in [0.1, 0.15) is 0 Å². The van der Waals surface area contributed by atoms with Gasteiger partial charge >= 0.3 is 12.2 Å². The third-order valence-electron chi connectivity index (χ3n) is 6.37. The quantitative estimate of drug-likeness (QED) is 0.314. The van der Waals surface area contributed by atoms with E-state index in [1.807, 2.05) is 60.5 Å². The van der Waals surface area contributed by atoms with Crippen molar-refractivity contribution in [3.8, 4) is 6.19 Å². The van der Waals surface area contributed by atoms with Crippen LogP contribution >= 0.6 is 0 Å². The highest BCUT2D eigenvalue weighted by Crippen LogP contribution is 2.35. The number of nitrogens with zero attached hydrogens (tertiary/aromatic N) is 4. The molecule has 0 saturated carbocycles. The molecule has 2 amide bonds. The number of benzene rings is 2. The van der Waals surface area contributed by atoms with Crippen LogP contribution in [0.1, 0.15) is 24.0 Å². The third-order valence-corrected chi connectivity index (χ3v) is 6.37. The van der Waals surface area contributed by atoms with Crippen LogP contribution in [0.2, 0.25) is 0 Å². The summed E-state index contributed by atoms with van der Waals surface area (Å²) < 4.78 is 40.5. The summed E-state index contributed by atoms with van der Waals surface area (Å²) in [4.78, 5) is 20.7. The van der Waals surface area contributed by atoms with Gasteiger partial charge in [0, 0.05) is 25.3 Å². The van der Waals surface area contributed by atoms with E-state index in [9.17, 15) is 23.2 Å². The Hall–Kier alpha value is -4.26. The molecule has 1 atom stereocenters. The van der Waals surface area contributed by atoms with Gasteiger partial charge in [-0.3, -0.25) is 0 Å². The summed E-state index contributed by atoms with van der Waals surface area (Å²) in [5.74, 6) is 0.352. The summed E-state index contributed by atoms with van der Waals surface area (Å²) in [6, 6.07) is 11.5. The summed E-state index contributed by atoms with van der Waals surface area (Å²) in [6.45, 7) is 2.80. The molecule has 2 aromatic rings. The van der Waals surface area contributed by atoms with Gasteiger partial charge in [-0.25, -0.2) is 4.79 Å². The fraction of sp³-hybridized carbons (Fsp3) is 0.296. The molecule has 192 valence electrons. The predicted molar refractivity (Wildman–Crippen MR) is 137 cm³/mol. The van der Waals surface area contributed by atoms with Gasteiger partial charge in [0.05, 0.1) is 17.3 Å². The van der Waals surface area contributed by atoms with Crippen LogP contribution in [0.3, 0.4) is 0 Å². The average molecular weight is 509 g/mol. The van der Waals surface area contributed by atoms with E-state index in [4.69, 9.17) is 0 Å². The molecule has 2 aliphatic rings. The highest BCUT2D eigenvalue weighted by Gasteiger charge is 2.37. The van der Waals surface area contributed by atoms with E-state index in [0.29, 0.717) is 19.0 Å². The number of amides is 2. The van der Waals surface area contributed by atoms with E-state index in [-0.39, 0.29) is 12.2 Å². The van der Waals surface area contributed by atoms with Gasteiger partial charge in [-0.05, 0) is 49.1 Å². The van der Waals surface area contributed by atoms with Crippen molar-refractivity contribution < 1.29 is 18.0 Å². The standard InChI is InChI=1S/C27H27F3N6O/c1-19-9-5-7-13-22(19)33-25(32-18-31)35-15-16-36(24(17-35)20-10-3-2-4-11-20)26(37)34-23-14-8-6-12-21(23)27(28,29)30/h3,5-14,24H,2,4,15-17H2,1H3,(H,32,33)(H,34,37). The molecule has 1 unspecified atom stereocenters. The number of carbonyl (C=O) groups is 1. The Kier molecular flexibility index (Phi) is 7.82. The fourth-order valence-electron chi connectivity index (χ4n) is 4.47. The molecular weight excluding hydrogens is 481 g/mol. The molecule has 1 fully saturated rings. The smallest absolute Gasteiger partial charge is 0.338 e. The van der Waals surface area contributed by atoms with Crippen molar-refractivity contribution in [3.05, 3.63) is 83.5 Å². The van der Waals surface area contributed by atoms with Crippen LogP contribution in [0.5, 0.6) is 0 Å². The van der Waals surface area contributed by atoms with Crippen molar-refractivity contribution in [2.24, 2.45) is 4.99 Å². The second kappa shape index (κ2) is 11.2. The van der Waals surface area contributed by atoms with Gasteiger partial charge in [0.15, 0.2) is 0 Å². The molecule has 0 bridgehead atoms. The second-order valence-electron chi connectivity index (χ2n) is 8.79. The number of rotatable bonds is 3. The first-order valence-corrected chi connectivity index (χ1v) is 11.9. The van der Waals surface area contributed by atoms with Crippen molar-refractivity contribution in [1.82, 2.24) is 9.80 Å². The number of anilines is 2. The summed E-state index contributed by atoms with van der Waals surface area (Å²) in [5, 5.41) is 15.0. The van der Waals surface area contributed by atoms with Crippen LogP contribution in [0.4, 0.5) is 29.3 Å². The molecule has 2 N–H and O–H groups in total. The topological polar surface area (TPSA) is 83.8 Å². The molecule has 37 heavy (non-hydrogen) atoms. The Bertz CT molecular complexity index is 1280. The van der Waals surface area contributed by atoms with Crippen molar-refractivity contribution in [2.75, 3.05) is 30.3 Å². The van der Waals surface area contributed by atoms with Gasteiger partial charge in [0.25, 0.3) is 0 Å². The van der Waals surface area contributed by atoms with Crippen molar-refractivity contribution in [2.45, 2.75) is 32.0 Å². The minimum atomic E-state index is -4.60. The molecule has 0 spiro atoms. The van der Waals surface area contributed by atoms with E-state index < -0.39 is 23.8 Å². The number of piperazine rings is 1. The Morgan fingerprint density at radius 1 is 1.05 bits per heavy atom. The average Bonchev–Trinajstić information content (AvgIpc) is 2.89. The molecule has 1 saturated heterocycles. The Labute approximate surface area is 213 Å². The van der Waals surface area contributed by atoms with Crippen LogP contribution in [0, 0.1) is 18.4 Å². The minimum absolute atomic E-state index is 0.218. The van der Waals surface area contributed by atoms with Crippen LogP contribution in [-0.4, -0.2) is 47.5 Å². The number of nitrogens with one attached hydrogen (secondary N) is 2. The van der Waals surface area contributed by atoms with Crippen LogP contribution < -0.4 is 10.6 Å². The largest absolute Gasteiger partial charge is 0.418 e. The van der Waals surface area contributed by atoms with E-state index in [1.165, 1.54) is 18.2 Å². The van der Waals surface area contributed by atoms with E-state index in [2.05, 4.69) is 15.6 Å². The molecule has 4 rings (SSSR count). The molecular formula is C27H27F3N6O. The van der Waals surface area contributed by atoms with Crippen molar-refractivity contribution in [3.63, 3.8) is 0 Å². The Morgan fingerprint density at radius 2 is 1.78 bits per heavy atom. The van der Waals surface area contributed by atoms with Gasteiger partial charge in [-0.2, -0.15) is 18.4 Å². The number of carbonyl (C=O) groups excluding carboxylic acids is 1. The molecule has 1 aliphatic heterocycles. The Balaban J connectivity index is 1.59. The van der Waals surface area contributed by atoms with Crippen molar-refractivity contribution in [1.29, 1.82) is 5.26 Å². The highest BCUT2D eigenvalue weighted by atomic mass is 19.4. The maximum atomic E-state index is 13.5. The summed E-state index contributed by atoms with van der Waals surface area (Å²) in [7, 11) is 0. The maximum absolute atomic E-state index is 13.5. The minimum Gasteiger partial charge on any atom is -0.338 e. The first-order valence-electron chi connectivity index (χ1n) is 11.9. The molecule has 2 aromatic carbocycles. The zero-order valence-electron chi connectivity index (χ0n) is 20.3. The number of hydrogen-bond donors (Lipinski definition) is 2. The predicted octanol–water partition coefficient (Wildman–Crippen LogP) is 5.76. The molecule has 1 heterocycles. The number of hydrogen-bond acceptors (Lipinski definition) is 3. The van der Waals surface area contributed by atoms with E-state index >= 15 is 0 Å². The van der Waals surface area contributed by atoms with Crippen LogP contribution in [-0.2, 0) is 6.18 Å². The summed E-state index contributed by atoms with van der Waals surface area (Å²) >= 11 is 0. The molecule has 10 heteroatoms. The van der Waals surface area contributed by atoms with Crippen molar-refractivity contribution >= 4 is 23.4 Å². The second-order valence-corrected chi connectivity index (χ2v) is 8.79. The van der Waals surface area contributed by atoms with Gasteiger partial charge in [-0.15, -0.1) is 4.99 Å². The van der Waals surface area contributed by atoms with Gasteiger partial charge < -0.3 is 20.4 Å². The molecule has 0 radical (unpaired) electrons. The van der Waals surface area contributed by atoms with E-state index in [0.717, 1.165) is 35.7 Å². The fourth-order valence-corrected chi connectivity index (χ4v) is 4.47. The Morgan fingerprint density at radius 3 is 2.46 bits per heavy atom. The normalized spacial score (nSPS) is 18.2. The summed E-state index contributed by atoms with van der Waals surface area (Å²) in [6.07, 6.45) is 4.91. The lowest BCUT2D eigenvalue weighted by molar-refractivity contribution is -0.136. The number of allylic oxidation sites excluding steroid dienone is 2. The van der Waals surface area contributed by atoms with E-state index in [1.54, 1.807) is 4.90 Å². The maximum Gasteiger partial charge on any atom is 0.418 e.